The third-order valence-electron chi connectivity index (χ3n) is 5.01. The van der Waals surface area contributed by atoms with Crippen molar-refractivity contribution in [3.8, 4) is 0 Å². The fourth-order valence-electron chi connectivity index (χ4n) is 3.35. The molecule has 0 bridgehead atoms. The zero-order valence-corrected chi connectivity index (χ0v) is 17.9. The molecule has 2 atom stereocenters. The summed E-state index contributed by atoms with van der Waals surface area (Å²) in [6, 6.07) is 8.56. The summed E-state index contributed by atoms with van der Waals surface area (Å²) >= 11 is 5.93. The van der Waals surface area contributed by atoms with Crippen LogP contribution in [-0.4, -0.2) is 50.2 Å². The van der Waals surface area contributed by atoms with E-state index in [1.54, 1.807) is 31.3 Å². The van der Waals surface area contributed by atoms with Crippen LogP contribution < -0.4 is 27.0 Å². The van der Waals surface area contributed by atoms with Gasteiger partial charge in [-0.25, -0.2) is 4.39 Å². The Bertz CT molecular complexity index is 1060. The van der Waals surface area contributed by atoms with Crippen LogP contribution in [-0.2, 0) is 15.1 Å². The third-order valence-corrected chi connectivity index (χ3v) is 5.32. The van der Waals surface area contributed by atoms with Crippen molar-refractivity contribution in [2.75, 3.05) is 25.5 Å². The van der Waals surface area contributed by atoms with Gasteiger partial charge in [0.2, 0.25) is 5.91 Å². The maximum Gasteiger partial charge on any atom is 0.257 e. The van der Waals surface area contributed by atoms with Gasteiger partial charge in [0.1, 0.15) is 5.82 Å². The van der Waals surface area contributed by atoms with Gasteiger partial charge in [0, 0.05) is 18.8 Å². The summed E-state index contributed by atoms with van der Waals surface area (Å²) in [6.45, 7) is 0.902. The molecule has 32 heavy (non-hydrogen) atoms. The Morgan fingerprint density at radius 2 is 1.91 bits per heavy atom. The molecule has 1 heterocycles. The van der Waals surface area contributed by atoms with E-state index in [0.717, 1.165) is 12.1 Å². The molecule has 0 saturated heterocycles. The minimum Gasteiger partial charge on any atom is -0.367 e. The molecule has 0 fully saturated rings. The van der Waals surface area contributed by atoms with E-state index in [1.807, 2.05) is 0 Å². The fourth-order valence-corrected chi connectivity index (χ4v) is 3.61. The second-order valence-electron chi connectivity index (χ2n) is 7.05. The summed E-state index contributed by atoms with van der Waals surface area (Å²) in [5.41, 5.74) is 5.01. The molecule has 1 aliphatic rings. The fraction of sp³-hybridized carbons (Fsp3) is 0.238. The number of primary amides is 1. The van der Waals surface area contributed by atoms with E-state index in [1.165, 1.54) is 12.4 Å². The van der Waals surface area contributed by atoms with Crippen LogP contribution in [0.15, 0.2) is 47.5 Å². The number of aliphatic imine (C=N–C) groups is 1. The lowest BCUT2D eigenvalue weighted by molar-refractivity contribution is -0.131. The molecule has 2 aromatic rings. The lowest BCUT2D eigenvalue weighted by Gasteiger charge is -2.31. The van der Waals surface area contributed by atoms with Crippen molar-refractivity contribution in [1.29, 1.82) is 0 Å². The first-order valence-electron chi connectivity index (χ1n) is 9.68. The van der Waals surface area contributed by atoms with Gasteiger partial charge in [0.05, 0.1) is 16.9 Å². The Hall–Kier alpha value is -3.50. The molecule has 1 aliphatic heterocycles. The molecule has 168 valence electrons. The molecule has 0 aliphatic carbocycles. The van der Waals surface area contributed by atoms with Crippen molar-refractivity contribution in [3.05, 3.63) is 64.4 Å². The zero-order valence-electron chi connectivity index (χ0n) is 17.1. The minimum absolute atomic E-state index is 0.0220. The van der Waals surface area contributed by atoms with Crippen LogP contribution in [0.2, 0.25) is 5.02 Å². The van der Waals surface area contributed by atoms with Crippen molar-refractivity contribution in [2.24, 2.45) is 10.7 Å². The summed E-state index contributed by atoms with van der Waals surface area (Å²) in [7, 11) is 1.75. The molecular formula is C21H22ClFN6O3. The number of nitrogens with one attached hydrogen (secondary N) is 4. The van der Waals surface area contributed by atoms with Gasteiger partial charge in [0.15, 0.2) is 11.6 Å². The van der Waals surface area contributed by atoms with Crippen LogP contribution >= 0.6 is 11.6 Å². The number of likely N-dealkylation sites (N-methyl/N-ethyl adjacent to an activating group) is 1. The minimum atomic E-state index is -1.58. The quantitative estimate of drug-likeness (QED) is 0.370. The van der Waals surface area contributed by atoms with Crippen LogP contribution in [0.25, 0.3) is 0 Å². The van der Waals surface area contributed by atoms with Crippen molar-refractivity contribution < 1.29 is 18.8 Å². The van der Waals surface area contributed by atoms with Gasteiger partial charge >= 0.3 is 0 Å². The Labute approximate surface area is 188 Å². The second-order valence-corrected chi connectivity index (χ2v) is 7.45. The number of amides is 3. The average molecular weight is 461 g/mol. The molecule has 3 amide bonds. The monoisotopic (exact) mass is 460 g/mol. The molecule has 2 unspecified atom stereocenters. The van der Waals surface area contributed by atoms with Crippen LogP contribution in [0.3, 0.4) is 0 Å². The van der Waals surface area contributed by atoms with Crippen LogP contribution in [0, 0.1) is 5.82 Å². The van der Waals surface area contributed by atoms with Gasteiger partial charge in [-0.2, -0.15) is 0 Å². The Kier molecular flexibility index (Phi) is 7.06. The predicted molar refractivity (Wildman–Crippen MR) is 119 cm³/mol. The number of nitrogens with two attached hydrogens (primary N) is 1. The molecule has 0 radical (unpaired) electrons. The lowest BCUT2D eigenvalue weighted by atomic mass is 9.82. The SMILES string of the molecule is CNCCNC(=O)C1N=CNC1(C(N)=O)c1ccc(NC(=O)c2ccc(F)cc2Cl)cc1. The van der Waals surface area contributed by atoms with E-state index >= 15 is 0 Å². The highest BCUT2D eigenvalue weighted by Gasteiger charge is 2.52. The van der Waals surface area contributed by atoms with Crippen LogP contribution in [0.1, 0.15) is 15.9 Å². The Morgan fingerprint density at radius 1 is 1.19 bits per heavy atom. The molecule has 2 aromatic carbocycles. The van der Waals surface area contributed by atoms with Crippen molar-refractivity contribution >= 4 is 41.3 Å². The first-order chi connectivity index (χ1) is 15.3. The van der Waals surface area contributed by atoms with Crippen molar-refractivity contribution in [1.82, 2.24) is 16.0 Å². The van der Waals surface area contributed by atoms with E-state index in [9.17, 15) is 18.8 Å². The second kappa shape index (κ2) is 9.75. The summed E-state index contributed by atoms with van der Waals surface area (Å²) in [4.78, 5) is 41.6. The molecular weight excluding hydrogens is 439 g/mol. The number of halogens is 2. The number of carbonyl (C=O) groups is 3. The van der Waals surface area contributed by atoms with Crippen LogP contribution in [0.5, 0.6) is 0 Å². The van der Waals surface area contributed by atoms with E-state index in [0.29, 0.717) is 24.3 Å². The van der Waals surface area contributed by atoms with Crippen molar-refractivity contribution in [3.63, 3.8) is 0 Å². The zero-order chi connectivity index (χ0) is 23.3. The highest BCUT2D eigenvalue weighted by Crippen LogP contribution is 2.31. The topological polar surface area (TPSA) is 138 Å². The summed E-state index contributed by atoms with van der Waals surface area (Å²) in [5, 5.41) is 11.1. The maximum atomic E-state index is 13.2. The van der Waals surface area contributed by atoms with E-state index < -0.39 is 35.1 Å². The predicted octanol–water partition coefficient (Wildman–Crippen LogP) is 0.748. The van der Waals surface area contributed by atoms with Crippen molar-refractivity contribution in [2.45, 2.75) is 11.6 Å². The van der Waals surface area contributed by atoms with Gasteiger partial charge < -0.3 is 27.0 Å². The van der Waals surface area contributed by atoms with Gasteiger partial charge in [-0.15, -0.1) is 0 Å². The maximum absolute atomic E-state index is 13.2. The molecule has 6 N–H and O–H groups in total. The standard InChI is InChI=1S/C21H22ClFN6O3/c1-25-8-9-26-19(31)17-21(20(24)32,28-11-27-17)12-2-5-14(6-3-12)29-18(30)15-7-4-13(23)10-16(15)22/h2-7,10-11,17,25H,8-9H2,1H3,(H2,24,32)(H,26,31)(H,27,28)(H,29,30). The normalized spacial score (nSPS) is 19.3. The molecule has 3 rings (SSSR count). The van der Waals surface area contributed by atoms with Crippen LogP contribution in [0.4, 0.5) is 10.1 Å². The van der Waals surface area contributed by atoms with Gasteiger partial charge in [0.25, 0.3) is 11.8 Å². The number of benzene rings is 2. The number of hydrogen-bond donors (Lipinski definition) is 5. The van der Waals surface area contributed by atoms with E-state index in [2.05, 4.69) is 26.3 Å². The molecule has 0 aromatic heterocycles. The molecule has 0 saturated carbocycles. The van der Waals surface area contributed by atoms with E-state index in [-0.39, 0.29) is 10.6 Å². The Morgan fingerprint density at radius 3 is 2.53 bits per heavy atom. The van der Waals surface area contributed by atoms with Gasteiger partial charge in [-0.3, -0.25) is 19.4 Å². The number of hydrogen-bond acceptors (Lipinski definition) is 6. The first kappa shape index (κ1) is 23.2. The largest absolute Gasteiger partial charge is 0.367 e. The van der Waals surface area contributed by atoms with Gasteiger partial charge in [-0.05, 0) is 42.9 Å². The summed E-state index contributed by atoms with van der Waals surface area (Å²) < 4.78 is 13.2. The Balaban J connectivity index is 1.81. The number of nitrogens with zero attached hydrogens (tertiary/aromatic N) is 1. The van der Waals surface area contributed by atoms with Gasteiger partial charge in [-0.1, -0.05) is 23.7 Å². The molecule has 9 nitrogen and oxygen atoms in total. The number of rotatable bonds is 8. The highest BCUT2D eigenvalue weighted by molar-refractivity contribution is 6.34. The third kappa shape index (κ3) is 4.56. The summed E-state index contributed by atoms with van der Waals surface area (Å²) in [5.74, 6) is -2.32. The highest BCUT2D eigenvalue weighted by atomic mass is 35.5. The summed E-state index contributed by atoms with van der Waals surface area (Å²) in [6.07, 6.45) is 1.28. The average Bonchev–Trinajstić information content (AvgIpc) is 3.21. The lowest BCUT2D eigenvalue weighted by Crippen LogP contribution is -2.60. The number of carbonyl (C=O) groups excluding carboxylic acids is 3. The number of anilines is 1. The molecule has 0 spiro atoms. The van der Waals surface area contributed by atoms with E-state index in [4.69, 9.17) is 17.3 Å². The molecule has 11 heteroatoms. The first-order valence-corrected chi connectivity index (χ1v) is 10.1. The smallest absolute Gasteiger partial charge is 0.257 e.